The average Bonchev–Trinajstić information content (AvgIpc) is 2.35. The zero-order valence-electron chi connectivity index (χ0n) is 9.12. The lowest BCUT2D eigenvalue weighted by molar-refractivity contribution is -0.128. The molecular weight excluding hydrogens is 263 g/mol. The van der Waals surface area contributed by atoms with Crippen LogP contribution in [0.5, 0.6) is 0 Å². The second-order valence-electron chi connectivity index (χ2n) is 3.81. The molecule has 5 heteroatoms. The number of Topliss-reactive ketones (excluding diaryl/α,β-unsaturated/α-hetero) is 1. The molecule has 0 bridgehead atoms. The molecule has 1 aliphatic rings. The molecule has 1 fully saturated rings. The number of rotatable bonds is 3. The summed E-state index contributed by atoms with van der Waals surface area (Å²) in [5, 5.41) is 0.438. The number of ketones is 1. The molecule has 1 unspecified atom stereocenters. The monoisotopic (exact) mass is 274 g/mol. The summed E-state index contributed by atoms with van der Waals surface area (Å²) in [6.45, 7) is 0.582. The Labute approximate surface area is 108 Å². The summed E-state index contributed by atoms with van der Waals surface area (Å²) >= 11 is 7.46. The van der Waals surface area contributed by atoms with E-state index in [4.69, 9.17) is 16.3 Å². The molecule has 0 saturated carbocycles. The number of halogens is 2. The standard InChI is InChI=1S/C12H12ClFO2S/c13-9-1-2-10(14)8(5-9)6-11(15)12-7-17-4-3-16-12/h1-2,5,12H,3-4,6-7H2. The van der Waals surface area contributed by atoms with Crippen LogP contribution in [-0.4, -0.2) is 30.0 Å². The van der Waals surface area contributed by atoms with Crippen molar-refractivity contribution in [1.82, 2.24) is 0 Å². The van der Waals surface area contributed by atoms with Crippen molar-refractivity contribution in [2.45, 2.75) is 12.5 Å². The number of carbonyl (C=O) groups excluding carboxylic acids is 1. The third kappa shape index (κ3) is 3.44. The molecule has 1 aromatic carbocycles. The maximum absolute atomic E-state index is 13.4. The van der Waals surface area contributed by atoms with Crippen LogP contribution in [0.15, 0.2) is 18.2 Å². The number of benzene rings is 1. The fourth-order valence-electron chi connectivity index (χ4n) is 1.65. The van der Waals surface area contributed by atoms with E-state index < -0.39 is 11.9 Å². The van der Waals surface area contributed by atoms with E-state index >= 15 is 0 Å². The molecule has 1 aromatic rings. The molecule has 0 radical (unpaired) electrons. The highest BCUT2D eigenvalue weighted by Gasteiger charge is 2.23. The quantitative estimate of drug-likeness (QED) is 0.848. The molecule has 1 aliphatic heterocycles. The Morgan fingerprint density at radius 1 is 1.59 bits per heavy atom. The Morgan fingerprint density at radius 2 is 2.41 bits per heavy atom. The smallest absolute Gasteiger partial charge is 0.166 e. The molecule has 2 rings (SSSR count). The molecule has 1 heterocycles. The molecule has 0 aromatic heterocycles. The van der Waals surface area contributed by atoms with Crippen LogP contribution in [0, 0.1) is 5.82 Å². The summed E-state index contributed by atoms with van der Waals surface area (Å²) in [5.74, 6) is 1.08. The fourth-order valence-corrected chi connectivity index (χ4v) is 2.73. The minimum atomic E-state index is -0.410. The third-order valence-electron chi connectivity index (χ3n) is 2.55. The molecule has 1 atom stereocenters. The molecule has 92 valence electrons. The van der Waals surface area contributed by atoms with Crippen molar-refractivity contribution >= 4 is 29.1 Å². The number of thioether (sulfide) groups is 1. The van der Waals surface area contributed by atoms with Crippen LogP contribution in [0.25, 0.3) is 0 Å². The van der Waals surface area contributed by atoms with Crippen molar-refractivity contribution in [2.75, 3.05) is 18.1 Å². The van der Waals surface area contributed by atoms with Gasteiger partial charge in [0, 0.05) is 22.9 Å². The topological polar surface area (TPSA) is 26.3 Å². The van der Waals surface area contributed by atoms with Gasteiger partial charge in [-0.05, 0) is 23.8 Å². The van der Waals surface area contributed by atoms with E-state index in [2.05, 4.69) is 0 Å². The summed E-state index contributed by atoms with van der Waals surface area (Å²) in [5.41, 5.74) is 0.335. The predicted octanol–water partition coefficient (Wildman–Crippen LogP) is 2.72. The molecule has 1 saturated heterocycles. The molecule has 0 N–H and O–H groups in total. The van der Waals surface area contributed by atoms with Crippen LogP contribution < -0.4 is 0 Å². The number of hydrogen-bond acceptors (Lipinski definition) is 3. The summed E-state index contributed by atoms with van der Waals surface area (Å²) in [6.07, 6.45) is -0.371. The SMILES string of the molecule is O=C(Cc1cc(Cl)ccc1F)C1CSCCO1. The molecule has 2 nitrogen and oxygen atoms in total. The minimum absolute atomic E-state index is 0.0393. The van der Waals surface area contributed by atoms with E-state index in [1.165, 1.54) is 18.2 Å². The normalized spacial score (nSPS) is 20.2. The first-order valence-electron chi connectivity index (χ1n) is 5.33. The molecule has 0 amide bonds. The van der Waals surface area contributed by atoms with E-state index in [1.54, 1.807) is 11.8 Å². The van der Waals surface area contributed by atoms with Crippen LogP contribution >= 0.6 is 23.4 Å². The van der Waals surface area contributed by atoms with Crippen molar-refractivity contribution in [1.29, 1.82) is 0 Å². The zero-order chi connectivity index (χ0) is 12.3. The van der Waals surface area contributed by atoms with Crippen LogP contribution in [0.1, 0.15) is 5.56 Å². The van der Waals surface area contributed by atoms with Crippen molar-refractivity contribution in [3.05, 3.63) is 34.6 Å². The summed E-state index contributed by atoms with van der Waals surface area (Å²) < 4.78 is 18.8. The minimum Gasteiger partial charge on any atom is -0.369 e. The second kappa shape index (κ2) is 5.85. The Hall–Kier alpha value is -0.580. The zero-order valence-corrected chi connectivity index (χ0v) is 10.7. The highest BCUT2D eigenvalue weighted by molar-refractivity contribution is 7.99. The van der Waals surface area contributed by atoms with Gasteiger partial charge in [0.15, 0.2) is 5.78 Å². The number of ether oxygens (including phenoxy) is 1. The number of carbonyl (C=O) groups is 1. The van der Waals surface area contributed by atoms with E-state index in [1.807, 2.05) is 0 Å². The summed E-state index contributed by atoms with van der Waals surface area (Å²) in [4.78, 5) is 11.9. The van der Waals surface area contributed by atoms with Gasteiger partial charge < -0.3 is 4.74 Å². The van der Waals surface area contributed by atoms with E-state index in [-0.39, 0.29) is 12.2 Å². The van der Waals surface area contributed by atoms with E-state index in [0.29, 0.717) is 22.9 Å². The molecular formula is C12H12ClFO2S. The fraction of sp³-hybridized carbons (Fsp3) is 0.417. The molecule has 0 aliphatic carbocycles. The second-order valence-corrected chi connectivity index (χ2v) is 5.40. The third-order valence-corrected chi connectivity index (χ3v) is 3.78. The van der Waals surface area contributed by atoms with Gasteiger partial charge in [-0.25, -0.2) is 4.39 Å². The predicted molar refractivity (Wildman–Crippen MR) is 67.2 cm³/mol. The van der Waals surface area contributed by atoms with Crippen LogP contribution in [0.4, 0.5) is 4.39 Å². The lowest BCUT2D eigenvalue weighted by Crippen LogP contribution is -2.32. The Bertz CT molecular complexity index is 419. The lowest BCUT2D eigenvalue weighted by atomic mass is 10.1. The van der Waals surface area contributed by atoms with E-state index in [9.17, 15) is 9.18 Å². The van der Waals surface area contributed by atoms with Crippen molar-refractivity contribution < 1.29 is 13.9 Å². The van der Waals surface area contributed by atoms with Crippen molar-refractivity contribution in [2.24, 2.45) is 0 Å². The van der Waals surface area contributed by atoms with Gasteiger partial charge in [-0.2, -0.15) is 11.8 Å². The van der Waals surface area contributed by atoms with Crippen molar-refractivity contribution in [3.8, 4) is 0 Å². The van der Waals surface area contributed by atoms with Crippen LogP contribution in [0.3, 0.4) is 0 Å². The highest BCUT2D eigenvalue weighted by Crippen LogP contribution is 2.19. The average molecular weight is 275 g/mol. The van der Waals surface area contributed by atoms with E-state index in [0.717, 1.165) is 5.75 Å². The first-order chi connectivity index (χ1) is 8.16. The van der Waals surface area contributed by atoms with Crippen LogP contribution in [-0.2, 0) is 16.0 Å². The van der Waals surface area contributed by atoms with Gasteiger partial charge in [0.05, 0.1) is 6.61 Å². The lowest BCUT2D eigenvalue weighted by Gasteiger charge is -2.21. The Kier molecular flexibility index (Phi) is 4.42. The first-order valence-corrected chi connectivity index (χ1v) is 6.86. The van der Waals surface area contributed by atoms with Gasteiger partial charge in [0.2, 0.25) is 0 Å². The molecule has 0 spiro atoms. The Morgan fingerprint density at radius 3 is 3.12 bits per heavy atom. The Balaban J connectivity index is 2.04. The molecule has 17 heavy (non-hydrogen) atoms. The summed E-state index contributed by atoms with van der Waals surface area (Å²) in [6, 6.07) is 4.24. The van der Waals surface area contributed by atoms with Crippen molar-refractivity contribution in [3.63, 3.8) is 0 Å². The number of hydrogen-bond donors (Lipinski definition) is 0. The van der Waals surface area contributed by atoms with Gasteiger partial charge in [0.1, 0.15) is 11.9 Å². The maximum atomic E-state index is 13.4. The van der Waals surface area contributed by atoms with Gasteiger partial charge in [0.25, 0.3) is 0 Å². The van der Waals surface area contributed by atoms with Gasteiger partial charge in [-0.3, -0.25) is 4.79 Å². The largest absolute Gasteiger partial charge is 0.369 e. The van der Waals surface area contributed by atoms with Gasteiger partial charge >= 0.3 is 0 Å². The summed E-state index contributed by atoms with van der Waals surface area (Å²) in [7, 11) is 0. The van der Waals surface area contributed by atoms with Gasteiger partial charge in [-0.1, -0.05) is 11.6 Å². The first kappa shape index (κ1) is 12.9. The van der Waals surface area contributed by atoms with Crippen LogP contribution in [0.2, 0.25) is 5.02 Å². The maximum Gasteiger partial charge on any atom is 0.166 e. The van der Waals surface area contributed by atoms with Gasteiger partial charge in [-0.15, -0.1) is 0 Å². The highest BCUT2D eigenvalue weighted by atomic mass is 35.5.